The summed E-state index contributed by atoms with van der Waals surface area (Å²) in [7, 11) is 0. The maximum atomic E-state index is 10.7. The number of benzene rings is 1. The summed E-state index contributed by atoms with van der Waals surface area (Å²) >= 11 is 0. The van der Waals surface area contributed by atoms with Crippen molar-refractivity contribution in [2.24, 2.45) is 5.92 Å². The highest BCUT2D eigenvalue weighted by Gasteiger charge is 2.22. The minimum atomic E-state index is -0.725. The Labute approximate surface area is 102 Å². The number of para-hydroxylation sites is 1. The lowest BCUT2D eigenvalue weighted by Gasteiger charge is -2.24. The second kappa shape index (κ2) is 5.71. The van der Waals surface area contributed by atoms with Crippen LogP contribution in [0.5, 0.6) is 0 Å². The standard InChI is InChI=1S/C14H19NO2/c16-14(17)9-11-15(10-8-12-6-7-12)13-4-2-1-3-5-13/h1-5,12H,6-11H2,(H,16,17). The van der Waals surface area contributed by atoms with Crippen LogP contribution in [0, 0.1) is 5.92 Å². The number of nitrogens with zero attached hydrogens (tertiary/aromatic N) is 1. The van der Waals surface area contributed by atoms with Gasteiger partial charge in [0.2, 0.25) is 0 Å². The number of aliphatic carboxylic acids is 1. The van der Waals surface area contributed by atoms with Gasteiger partial charge in [0, 0.05) is 18.8 Å². The molecule has 1 aromatic rings. The van der Waals surface area contributed by atoms with Crippen molar-refractivity contribution < 1.29 is 9.90 Å². The molecule has 1 aromatic carbocycles. The van der Waals surface area contributed by atoms with Gasteiger partial charge in [0.05, 0.1) is 6.42 Å². The fraction of sp³-hybridized carbons (Fsp3) is 0.500. The number of carboxylic acid groups (broad SMARTS) is 1. The van der Waals surface area contributed by atoms with E-state index in [-0.39, 0.29) is 6.42 Å². The highest BCUT2D eigenvalue weighted by molar-refractivity contribution is 5.67. The van der Waals surface area contributed by atoms with Gasteiger partial charge in [-0.05, 0) is 24.5 Å². The molecule has 0 heterocycles. The average Bonchev–Trinajstić information content (AvgIpc) is 3.14. The first-order valence-corrected chi connectivity index (χ1v) is 6.27. The van der Waals surface area contributed by atoms with Crippen molar-refractivity contribution in [2.45, 2.75) is 25.7 Å². The van der Waals surface area contributed by atoms with E-state index in [9.17, 15) is 4.79 Å². The smallest absolute Gasteiger partial charge is 0.305 e. The summed E-state index contributed by atoms with van der Waals surface area (Å²) in [6.07, 6.45) is 4.09. The maximum absolute atomic E-state index is 10.7. The summed E-state index contributed by atoms with van der Waals surface area (Å²) in [5, 5.41) is 8.77. The van der Waals surface area contributed by atoms with Crippen LogP contribution in [0.15, 0.2) is 30.3 Å². The summed E-state index contributed by atoms with van der Waals surface area (Å²) in [4.78, 5) is 12.8. The molecular weight excluding hydrogens is 214 g/mol. The van der Waals surface area contributed by atoms with Crippen molar-refractivity contribution in [2.75, 3.05) is 18.0 Å². The van der Waals surface area contributed by atoms with Gasteiger partial charge in [-0.1, -0.05) is 31.0 Å². The molecule has 1 N–H and O–H groups in total. The van der Waals surface area contributed by atoms with E-state index >= 15 is 0 Å². The van der Waals surface area contributed by atoms with Gasteiger partial charge in [0.15, 0.2) is 0 Å². The normalized spacial score (nSPS) is 14.6. The second-order valence-electron chi connectivity index (χ2n) is 4.70. The fourth-order valence-electron chi connectivity index (χ4n) is 1.98. The fourth-order valence-corrected chi connectivity index (χ4v) is 1.98. The summed E-state index contributed by atoms with van der Waals surface area (Å²) < 4.78 is 0. The van der Waals surface area contributed by atoms with Crippen LogP contribution in [0.4, 0.5) is 5.69 Å². The molecule has 0 bridgehead atoms. The lowest BCUT2D eigenvalue weighted by Crippen LogP contribution is -2.27. The first-order valence-electron chi connectivity index (χ1n) is 6.27. The summed E-state index contributed by atoms with van der Waals surface area (Å²) in [5.41, 5.74) is 1.13. The molecule has 0 amide bonds. The Hall–Kier alpha value is -1.51. The van der Waals surface area contributed by atoms with Gasteiger partial charge in [-0.2, -0.15) is 0 Å². The quantitative estimate of drug-likeness (QED) is 0.787. The van der Waals surface area contributed by atoms with E-state index in [0.29, 0.717) is 6.54 Å². The molecular formula is C14H19NO2. The highest BCUT2D eigenvalue weighted by atomic mass is 16.4. The van der Waals surface area contributed by atoms with E-state index in [0.717, 1.165) is 18.2 Å². The SMILES string of the molecule is O=C(O)CCN(CCC1CC1)c1ccccc1. The minimum Gasteiger partial charge on any atom is -0.481 e. The summed E-state index contributed by atoms with van der Waals surface area (Å²) in [6.45, 7) is 1.58. The maximum Gasteiger partial charge on any atom is 0.305 e. The van der Waals surface area contributed by atoms with Crippen LogP contribution >= 0.6 is 0 Å². The average molecular weight is 233 g/mol. The van der Waals surface area contributed by atoms with Crippen LogP contribution in [0.3, 0.4) is 0 Å². The molecule has 0 aliphatic heterocycles. The molecule has 1 aliphatic rings. The van der Waals surface area contributed by atoms with Gasteiger partial charge >= 0.3 is 5.97 Å². The highest BCUT2D eigenvalue weighted by Crippen LogP contribution is 2.32. The van der Waals surface area contributed by atoms with Crippen LogP contribution in [0.25, 0.3) is 0 Å². The van der Waals surface area contributed by atoms with Crippen molar-refractivity contribution in [3.05, 3.63) is 30.3 Å². The molecule has 0 atom stereocenters. The summed E-state index contributed by atoms with van der Waals surface area (Å²) in [6, 6.07) is 10.1. The van der Waals surface area contributed by atoms with Gasteiger partial charge in [-0.15, -0.1) is 0 Å². The Morgan fingerprint density at radius 1 is 1.24 bits per heavy atom. The molecule has 0 spiro atoms. The Morgan fingerprint density at radius 3 is 2.53 bits per heavy atom. The predicted molar refractivity (Wildman–Crippen MR) is 68.2 cm³/mol. The second-order valence-corrected chi connectivity index (χ2v) is 4.70. The third-order valence-corrected chi connectivity index (χ3v) is 3.22. The van der Waals surface area contributed by atoms with Gasteiger partial charge in [-0.3, -0.25) is 4.79 Å². The van der Waals surface area contributed by atoms with Crippen LogP contribution in [-0.2, 0) is 4.79 Å². The summed E-state index contributed by atoms with van der Waals surface area (Å²) in [5.74, 6) is 0.156. The molecule has 1 saturated carbocycles. The molecule has 0 unspecified atom stereocenters. The van der Waals surface area contributed by atoms with E-state index in [1.807, 2.05) is 18.2 Å². The Bertz CT molecular complexity index is 360. The van der Waals surface area contributed by atoms with Crippen LogP contribution in [-0.4, -0.2) is 24.2 Å². The van der Waals surface area contributed by atoms with E-state index in [1.165, 1.54) is 19.3 Å². The molecule has 3 heteroatoms. The Morgan fingerprint density at radius 2 is 1.94 bits per heavy atom. The molecule has 2 rings (SSSR count). The number of carboxylic acids is 1. The van der Waals surface area contributed by atoms with Gasteiger partial charge < -0.3 is 10.0 Å². The first kappa shape index (κ1) is 12.0. The zero-order valence-corrected chi connectivity index (χ0v) is 10.0. The lowest BCUT2D eigenvalue weighted by molar-refractivity contribution is -0.136. The zero-order valence-electron chi connectivity index (χ0n) is 10.0. The number of anilines is 1. The monoisotopic (exact) mass is 233 g/mol. The van der Waals surface area contributed by atoms with Crippen LogP contribution in [0.1, 0.15) is 25.7 Å². The van der Waals surface area contributed by atoms with Gasteiger partial charge in [-0.25, -0.2) is 0 Å². The molecule has 1 aliphatic carbocycles. The van der Waals surface area contributed by atoms with E-state index in [4.69, 9.17) is 5.11 Å². The van der Waals surface area contributed by atoms with Crippen molar-refractivity contribution in [1.82, 2.24) is 0 Å². The van der Waals surface area contributed by atoms with Gasteiger partial charge in [0.1, 0.15) is 0 Å². The third-order valence-electron chi connectivity index (χ3n) is 3.22. The molecule has 17 heavy (non-hydrogen) atoms. The van der Waals surface area contributed by atoms with Crippen molar-refractivity contribution >= 4 is 11.7 Å². The number of hydrogen-bond acceptors (Lipinski definition) is 2. The molecule has 3 nitrogen and oxygen atoms in total. The molecule has 92 valence electrons. The Kier molecular flexibility index (Phi) is 4.02. The van der Waals surface area contributed by atoms with Crippen molar-refractivity contribution in [3.63, 3.8) is 0 Å². The molecule has 0 radical (unpaired) electrons. The first-order chi connectivity index (χ1) is 8.25. The molecule has 1 fully saturated rings. The van der Waals surface area contributed by atoms with E-state index < -0.39 is 5.97 Å². The Balaban J connectivity index is 1.92. The van der Waals surface area contributed by atoms with Crippen molar-refractivity contribution in [1.29, 1.82) is 0 Å². The minimum absolute atomic E-state index is 0.208. The predicted octanol–water partition coefficient (Wildman–Crippen LogP) is 2.77. The van der Waals surface area contributed by atoms with Crippen molar-refractivity contribution in [3.8, 4) is 0 Å². The number of hydrogen-bond donors (Lipinski definition) is 1. The lowest BCUT2D eigenvalue weighted by atomic mass is 10.2. The topological polar surface area (TPSA) is 40.5 Å². The van der Waals surface area contributed by atoms with Crippen LogP contribution < -0.4 is 4.90 Å². The van der Waals surface area contributed by atoms with E-state index in [2.05, 4.69) is 17.0 Å². The number of carbonyl (C=O) groups is 1. The van der Waals surface area contributed by atoms with E-state index in [1.54, 1.807) is 0 Å². The van der Waals surface area contributed by atoms with Crippen LogP contribution in [0.2, 0.25) is 0 Å². The largest absolute Gasteiger partial charge is 0.481 e. The molecule has 0 aromatic heterocycles. The third kappa shape index (κ3) is 4.10. The van der Waals surface area contributed by atoms with Gasteiger partial charge in [0.25, 0.3) is 0 Å². The number of rotatable bonds is 7. The molecule has 0 saturated heterocycles. The zero-order chi connectivity index (χ0) is 12.1.